The maximum atomic E-state index is 12.7. The Morgan fingerprint density at radius 3 is 2.58 bits per heavy atom. The second-order valence-corrected chi connectivity index (χ2v) is 8.52. The minimum Gasteiger partial charge on any atom is -0.347 e. The van der Waals surface area contributed by atoms with Gasteiger partial charge >= 0.3 is 0 Å². The Bertz CT molecular complexity index is 788. The lowest BCUT2D eigenvalue weighted by atomic mass is 9.79. The standard InChI is InChI=1S/C20H22ClN3OS/c1-13-19(14-9-11-24(13)12-10-14)23-20(25)15-5-7-16(8-6-15)26-18-4-2-3-17(21)22-18/h2-8,13-14,19H,9-12H2,1H3,(H,23,25)/t13-,19-/m0/s1. The van der Waals surface area contributed by atoms with Crippen LogP contribution in [0.5, 0.6) is 0 Å². The van der Waals surface area contributed by atoms with Crippen LogP contribution in [0.15, 0.2) is 52.4 Å². The molecule has 2 bridgehead atoms. The molecule has 0 saturated carbocycles. The van der Waals surface area contributed by atoms with E-state index in [0.717, 1.165) is 9.92 Å². The highest BCUT2D eigenvalue weighted by atomic mass is 35.5. The zero-order valence-corrected chi connectivity index (χ0v) is 16.3. The average Bonchev–Trinajstić information content (AvgIpc) is 2.65. The molecule has 3 aliphatic heterocycles. The Hall–Kier alpha value is -1.56. The molecule has 1 amide bonds. The lowest BCUT2D eigenvalue weighted by Gasteiger charge is -2.49. The summed E-state index contributed by atoms with van der Waals surface area (Å²) in [6, 6.07) is 13.9. The molecule has 1 aromatic heterocycles. The number of halogens is 1. The molecule has 4 heterocycles. The molecule has 0 spiro atoms. The van der Waals surface area contributed by atoms with Gasteiger partial charge < -0.3 is 5.32 Å². The molecule has 0 radical (unpaired) electrons. The fourth-order valence-electron chi connectivity index (χ4n) is 4.02. The quantitative estimate of drug-likeness (QED) is 0.802. The summed E-state index contributed by atoms with van der Waals surface area (Å²) in [4.78, 5) is 20.5. The summed E-state index contributed by atoms with van der Waals surface area (Å²) >= 11 is 7.46. The van der Waals surface area contributed by atoms with Crippen LogP contribution in [-0.2, 0) is 0 Å². The highest BCUT2D eigenvalue weighted by molar-refractivity contribution is 7.99. The monoisotopic (exact) mass is 387 g/mol. The highest BCUT2D eigenvalue weighted by Crippen LogP contribution is 2.32. The van der Waals surface area contributed by atoms with E-state index >= 15 is 0 Å². The summed E-state index contributed by atoms with van der Waals surface area (Å²) in [5.41, 5.74) is 0.706. The summed E-state index contributed by atoms with van der Waals surface area (Å²) in [5, 5.41) is 4.60. The van der Waals surface area contributed by atoms with Crippen molar-refractivity contribution in [3.8, 4) is 0 Å². The molecular formula is C20H22ClN3OS. The predicted octanol–water partition coefficient (Wildman–Crippen LogP) is 4.10. The van der Waals surface area contributed by atoms with E-state index < -0.39 is 0 Å². The minimum absolute atomic E-state index is 0.0213. The van der Waals surface area contributed by atoms with Gasteiger partial charge in [-0.15, -0.1) is 0 Å². The average molecular weight is 388 g/mol. The number of fused-ring (bicyclic) bond motifs is 3. The Balaban J connectivity index is 1.41. The lowest BCUT2D eigenvalue weighted by Crippen LogP contribution is -2.62. The van der Waals surface area contributed by atoms with Crippen LogP contribution in [0.4, 0.5) is 0 Å². The van der Waals surface area contributed by atoms with Crippen molar-refractivity contribution in [3.05, 3.63) is 53.2 Å². The normalized spacial score (nSPS) is 27.3. The third kappa shape index (κ3) is 3.75. The van der Waals surface area contributed by atoms with Crippen molar-refractivity contribution in [1.82, 2.24) is 15.2 Å². The molecule has 5 rings (SSSR count). The summed E-state index contributed by atoms with van der Waals surface area (Å²) in [7, 11) is 0. The van der Waals surface area contributed by atoms with Crippen molar-refractivity contribution in [2.45, 2.75) is 41.8 Å². The van der Waals surface area contributed by atoms with Crippen molar-refractivity contribution >= 4 is 29.3 Å². The van der Waals surface area contributed by atoms with Gasteiger partial charge in [0.05, 0.1) is 0 Å². The number of pyridine rings is 1. The van der Waals surface area contributed by atoms with Gasteiger partial charge in [0.2, 0.25) is 0 Å². The van der Waals surface area contributed by atoms with Gasteiger partial charge in [0.15, 0.2) is 0 Å². The molecule has 136 valence electrons. The van der Waals surface area contributed by atoms with Crippen LogP contribution in [0.1, 0.15) is 30.1 Å². The van der Waals surface area contributed by atoms with E-state index in [1.165, 1.54) is 37.7 Å². The molecule has 6 heteroatoms. The molecule has 0 unspecified atom stereocenters. The lowest BCUT2D eigenvalue weighted by molar-refractivity contribution is 0.0217. The van der Waals surface area contributed by atoms with E-state index in [1.807, 2.05) is 36.4 Å². The van der Waals surface area contributed by atoms with E-state index in [0.29, 0.717) is 22.7 Å². The maximum absolute atomic E-state index is 12.7. The second kappa shape index (κ2) is 7.59. The van der Waals surface area contributed by atoms with E-state index in [1.54, 1.807) is 6.07 Å². The summed E-state index contributed by atoms with van der Waals surface area (Å²) in [5.74, 6) is 0.635. The molecule has 3 saturated heterocycles. The predicted molar refractivity (Wildman–Crippen MR) is 105 cm³/mol. The number of carbonyl (C=O) groups excluding carboxylic acids is 1. The summed E-state index contributed by atoms with van der Waals surface area (Å²) in [6.07, 6.45) is 2.38. The van der Waals surface area contributed by atoms with Gasteiger partial charge in [0.1, 0.15) is 10.2 Å². The second-order valence-electron chi connectivity index (χ2n) is 7.04. The van der Waals surface area contributed by atoms with Crippen molar-refractivity contribution in [2.24, 2.45) is 5.92 Å². The number of nitrogens with zero attached hydrogens (tertiary/aromatic N) is 2. The highest BCUT2D eigenvalue weighted by Gasteiger charge is 2.40. The Kier molecular flexibility index (Phi) is 5.20. The number of piperidine rings is 3. The molecule has 3 aliphatic rings. The van der Waals surface area contributed by atoms with Crippen LogP contribution in [0.2, 0.25) is 5.15 Å². The van der Waals surface area contributed by atoms with Gasteiger partial charge in [-0.1, -0.05) is 29.4 Å². The van der Waals surface area contributed by atoms with Gasteiger partial charge in [0.25, 0.3) is 5.91 Å². The van der Waals surface area contributed by atoms with Gasteiger partial charge in [-0.05, 0) is 75.2 Å². The first-order valence-corrected chi connectivity index (χ1v) is 10.2. The molecule has 2 atom stereocenters. The molecule has 1 aromatic carbocycles. The summed E-state index contributed by atoms with van der Waals surface area (Å²) in [6.45, 7) is 4.57. The SMILES string of the molecule is C[C@H]1[C@H](NC(=O)c2ccc(Sc3cccc(Cl)n3)cc2)C2CCN1CC2. The van der Waals surface area contributed by atoms with Crippen LogP contribution < -0.4 is 5.32 Å². The van der Waals surface area contributed by atoms with Crippen LogP contribution in [0.25, 0.3) is 0 Å². The number of hydrogen-bond acceptors (Lipinski definition) is 4. The fourth-order valence-corrected chi connectivity index (χ4v) is 5.04. The fraction of sp³-hybridized carbons (Fsp3) is 0.400. The van der Waals surface area contributed by atoms with E-state index in [-0.39, 0.29) is 11.9 Å². The maximum Gasteiger partial charge on any atom is 0.251 e. The molecule has 26 heavy (non-hydrogen) atoms. The van der Waals surface area contributed by atoms with E-state index in [9.17, 15) is 4.79 Å². The number of amides is 1. The van der Waals surface area contributed by atoms with Crippen LogP contribution in [-0.4, -0.2) is 41.0 Å². The zero-order chi connectivity index (χ0) is 18.1. The molecule has 1 N–H and O–H groups in total. The van der Waals surface area contributed by atoms with Gasteiger partial charge in [-0.25, -0.2) is 4.98 Å². The number of benzene rings is 1. The first-order valence-electron chi connectivity index (χ1n) is 9.05. The smallest absolute Gasteiger partial charge is 0.251 e. The summed E-state index contributed by atoms with van der Waals surface area (Å²) < 4.78 is 0. The third-order valence-electron chi connectivity index (χ3n) is 5.50. The van der Waals surface area contributed by atoms with E-state index in [2.05, 4.69) is 22.1 Å². The number of nitrogens with one attached hydrogen (secondary N) is 1. The Labute approximate surface area is 163 Å². The van der Waals surface area contributed by atoms with Crippen molar-refractivity contribution in [1.29, 1.82) is 0 Å². The number of carbonyl (C=O) groups is 1. The van der Waals surface area contributed by atoms with E-state index in [4.69, 9.17) is 11.6 Å². The molecular weight excluding hydrogens is 366 g/mol. The first kappa shape index (κ1) is 17.8. The van der Waals surface area contributed by atoms with Gasteiger partial charge in [-0.3, -0.25) is 9.69 Å². The number of aromatic nitrogens is 1. The zero-order valence-electron chi connectivity index (χ0n) is 14.7. The van der Waals surface area contributed by atoms with Crippen molar-refractivity contribution in [2.75, 3.05) is 13.1 Å². The van der Waals surface area contributed by atoms with Gasteiger partial charge in [-0.2, -0.15) is 0 Å². The van der Waals surface area contributed by atoms with Crippen LogP contribution in [0.3, 0.4) is 0 Å². The van der Waals surface area contributed by atoms with Crippen molar-refractivity contribution < 1.29 is 4.79 Å². The third-order valence-corrected chi connectivity index (χ3v) is 6.66. The Morgan fingerprint density at radius 2 is 1.92 bits per heavy atom. The Morgan fingerprint density at radius 1 is 1.19 bits per heavy atom. The molecule has 3 fully saturated rings. The molecule has 4 nitrogen and oxygen atoms in total. The number of rotatable bonds is 4. The number of hydrogen-bond donors (Lipinski definition) is 1. The topological polar surface area (TPSA) is 45.2 Å². The molecule has 2 aromatic rings. The van der Waals surface area contributed by atoms with Gasteiger partial charge in [0, 0.05) is 22.5 Å². The largest absolute Gasteiger partial charge is 0.347 e. The molecule has 0 aliphatic carbocycles. The van der Waals surface area contributed by atoms with Crippen molar-refractivity contribution in [3.63, 3.8) is 0 Å². The minimum atomic E-state index is 0.0213. The van der Waals surface area contributed by atoms with Crippen LogP contribution in [0, 0.1) is 5.92 Å². The van der Waals surface area contributed by atoms with Crippen LogP contribution >= 0.6 is 23.4 Å². The first-order chi connectivity index (χ1) is 12.6.